The Balaban J connectivity index is 2.10. The number of alkyl halides is 3. The maximum Gasteiger partial charge on any atom is 0.416 e. The number of carboxylic acid groups (broad SMARTS) is 1. The normalized spacial score (nSPS) is 11.6. The molecule has 0 unspecified atom stereocenters. The van der Waals surface area contributed by atoms with Crippen LogP contribution in [-0.2, 0) is 27.4 Å². The zero-order valence-electron chi connectivity index (χ0n) is 19.1. The molecule has 0 aromatic heterocycles. The summed E-state index contributed by atoms with van der Waals surface area (Å²) in [5.41, 5.74) is -1.56. The van der Waals surface area contributed by atoms with E-state index in [0.29, 0.717) is 12.1 Å². The summed E-state index contributed by atoms with van der Waals surface area (Å²) in [5.74, 6) is -2.53. The zero-order chi connectivity index (χ0) is 27.4. The molecule has 13 heteroatoms. The molecule has 0 spiro atoms. The van der Waals surface area contributed by atoms with Gasteiger partial charge in [-0.1, -0.05) is 23.7 Å². The Labute approximate surface area is 215 Å². The first-order valence-corrected chi connectivity index (χ1v) is 12.5. The van der Waals surface area contributed by atoms with E-state index in [-0.39, 0.29) is 39.0 Å². The number of aliphatic carboxylic acids is 1. The summed E-state index contributed by atoms with van der Waals surface area (Å²) in [4.78, 5) is 23.1. The van der Waals surface area contributed by atoms with Gasteiger partial charge in [-0.3, -0.25) is 14.3 Å². The topological polar surface area (TPSA) is 122 Å². The summed E-state index contributed by atoms with van der Waals surface area (Å²) in [6, 6.07) is 11.6. The first-order chi connectivity index (χ1) is 17.3. The minimum atomic E-state index is -4.80. The summed E-state index contributed by atoms with van der Waals surface area (Å²) in [7, 11) is -4.32. The van der Waals surface area contributed by atoms with Crippen molar-refractivity contribution in [2.75, 3.05) is 11.3 Å². The van der Waals surface area contributed by atoms with Crippen molar-refractivity contribution in [3.63, 3.8) is 0 Å². The first-order valence-electron chi connectivity index (χ1n) is 10.6. The van der Waals surface area contributed by atoms with Crippen molar-refractivity contribution >= 4 is 39.2 Å². The maximum atomic E-state index is 13.4. The van der Waals surface area contributed by atoms with Crippen LogP contribution in [0.2, 0.25) is 5.02 Å². The molecule has 0 bridgehead atoms. The highest BCUT2D eigenvalue weighted by molar-refractivity contribution is 7.92. The Kier molecular flexibility index (Phi) is 8.34. The molecule has 0 fully saturated rings. The predicted molar refractivity (Wildman–Crippen MR) is 130 cm³/mol. The molecule has 3 rings (SSSR count). The van der Waals surface area contributed by atoms with Crippen LogP contribution in [-0.4, -0.2) is 31.9 Å². The van der Waals surface area contributed by atoms with Crippen LogP contribution in [0.4, 0.5) is 18.9 Å². The fraction of sp³-hybridized carbons (Fsp3) is 0.167. The molecule has 0 aliphatic heterocycles. The van der Waals surface area contributed by atoms with Gasteiger partial charge in [0.2, 0.25) is 0 Å². The van der Waals surface area contributed by atoms with E-state index < -0.39 is 45.8 Å². The van der Waals surface area contributed by atoms with Gasteiger partial charge in [-0.05, 0) is 61.0 Å². The van der Waals surface area contributed by atoms with Gasteiger partial charge >= 0.3 is 12.1 Å². The summed E-state index contributed by atoms with van der Waals surface area (Å²) in [6.45, 7) is 1.97. The van der Waals surface area contributed by atoms with Gasteiger partial charge in [0.25, 0.3) is 15.9 Å². The monoisotopic (exact) mass is 556 g/mol. The molecule has 0 aliphatic carbocycles. The fourth-order valence-corrected chi connectivity index (χ4v) is 4.83. The number of carbonyl (C=O) groups excluding carboxylic acids is 1. The van der Waals surface area contributed by atoms with Crippen LogP contribution in [0.3, 0.4) is 0 Å². The average Bonchev–Trinajstić information content (AvgIpc) is 2.79. The Bertz CT molecular complexity index is 1440. The van der Waals surface area contributed by atoms with E-state index in [1.54, 1.807) is 6.92 Å². The van der Waals surface area contributed by atoms with Crippen LogP contribution < -0.4 is 14.8 Å². The third kappa shape index (κ3) is 7.14. The first kappa shape index (κ1) is 27.8. The van der Waals surface area contributed by atoms with Crippen LogP contribution in [0.5, 0.6) is 11.5 Å². The Morgan fingerprint density at radius 3 is 2.38 bits per heavy atom. The number of ether oxygens (including phenoxy) is 1. The molecule has 37 heavy (non-hydrogen) atoms. The van der Waals surface area contributed by atoms with E-state index in [1.807, 2.05) is 0 Å². The fourth-order valence-electron chi connectivity index (χ4n) is 3.25. The van der Waals surface area contributed by atoms with Gasteiger partial charge in [0, 0.05) is 12.1 Å². The molecule has 0 aliphatic rings. The lowest BCUT2D eigenvalue weighted by molar-refractivity contribution is -0.138. The molecule has 1 amide bonds. The summed E-state index contributed by atoms with van der Waals surface area (Å²) >= 11 is 6.02. The number of rotatable bonds is 9. The summed E-state index contributed by atoms with van der Waals surface area (Å²) < 4.78 is 74.2. The highest BCUT2D eigenvalue weighted by Crippen LogP contribution is 2.37. The third-order valence-electron chi connectivity index (χ3n) is 4.83. The van der Waals surface area contributed by atoms with E-state index in [1.165, 1.54) is 36.4 Å². The molecule has 196 valence electrons. The SMILES string of the molecule is CCNC(=O)c1ccc(Oc2cc(CC(=O)O)cc(C(F)(F)F)c2)c(NS(=O)(=O)c2ccccc2Cl)c1. The number of amides is 1. The number of carbonyl (C=O) groups is 2. The minimum Gasteiger partial charge on any atom is -0.481 e. The molecule has 3 aromatic rings. The van der Waals surface area contributed by atoms with Gasteiger partial charge in [0.05, 0.1) is 22.7 Å². The van der Waals surface area contributed by atoms with Gasteiger partial charge in [0.1, 0.15) is 10.6 Å². The van der Waals surface area contributed by atoms with Gasteiger partial charge in [-0.15, -0.1) is 0 Å². The van der Waals surface area contributed by atoms with Crippen molar-refractivity contribution in [2.45, 2.75) is 24.4 Å². The number of halogens is 4. The Morgan fingerprint density at radius 2 is 1.76 bits per heavy atom. The maximum absolute atomic E-state index is 13.4. The predicted octanol–water partition coefficient (Wildman–Crippen LogP) is 5.33. The van der Waals surface area contributed by atoms with Crippen LogP contribution in [0.25, 0.3) is 0 Å². The molecular weight excluding hydrogens is 537 g/mol. The van der Waals surface area contributed by atoms with E-state index in [2.05, 4.69) is 10.0 Å². The van der Waals surface area contributed by atoms with E-state index >= 15 is 0 Å². The van der Waals surface area contributed by atoms with Gasteiger partial charge in [-0.2, -0.15) is 13.2 Å². The summed E-state index contributed by atoms with van der Waals surface area (Å²) in [5, 5.41) is 11.5. The highest BCUT2D eigenvalue weighted by Gasteiger charge is 2.32. The van der Waals surface area contributed by atoms with Crippen LogP contribution in [0.1, 0.15) is 28.4 Å². The number of benzene rings is 3. The van der Waals surface area contributed by atoms with Crippen molar-refractivity contribution in [2.24, 2.45) is 0 Å². The Morgan fingerprint density at radius 1 is 1.05 bits per heavy atom. The molecule has 0 saturated carbocycles. The lowest BCUT2D eigenvalue weighted by Crippen LogP contribution is -2.23. The van der Waals surface area contributed by atoms with E-state index in [9.17, 15) is 31.2 Å². The zero-order valence-corrected chi connectivity index (χ0v) is 20.7. The van der Waals surface area contributed by atoms with Crippen LogP contribution in [0, 0.1) is 0 Å². The molecule has 0 radical (unpaired) electrons. The number of sulfonamides is 1. The van der Waals surface area contributed by atoms with Gasteiger partial charge < -0.3 is 15.2 Å². The van der Waals surface area contributed by atoms with Crippen molar-refractivity contribution < 1.29 is 41.0 Å². The third-order valence-corrected chi connectivity index (χ3v) is 6.69. The second kappa shape index (κ2) is 11.1. The van der Waals surface area contributed by atoms with Gasteiger partial charge in [0.15, 0.2) is 5.75 Å². The largest absolute Gasteiger partial charge is 0.481 e. The summed E-state index contributed by atoms with van der Waals surface area (Å²) in [6.07, 6.45) is -5.51. The molecular formula is C24H20ClF3N2O6S. The second-order valence-corrected chi connectivity index (χ2v) is 9.70. The number of hydrogen-bond donors (Lipinski definition) is 3. The molecule has 0 heterocycles. The van der Waals surface area contributed by atoms with Crippen molar-refractivity contribution in [3.05, 3.63) is 82.4 Å². The number of nitrogens with one attached hydrogen (secondary N) is 2. The lowest BCUT2D eigenvalue weighted by atomic mass is 10.1. The molecule has 3 N–H and O–H groups in total. The standard InChI is InChI=1S/C24H20ClF3N2O6S/c1-2-29-23(33)15-7-8-20(19(12-15)30-37(34,35)21-6-4-3-5-18(21)25)36-17-10-14(11-22(31)32)9-16(13-17)24(26,27)28/h3-10,12-13,30H,2,11H2,1H3,(H,29,33)(H,31,32). The molecule has 0 saturated heterocycles. The smallest absolute Gasteiger partial charge is 0.416 e. The molecule has 8 nitrogen and oxygen atoms in total. The van der Waals surface area contributed by atoms with Crippen LogP contribution in [0.15, 0.2) is 65.6 Å². The van der Waals surface area contributed by atoms with Crippen LogP contribution >= 0.6 is 11.6 Å². The minimum absolute atomic E-state index is 0.0432. The van der Waals surface area contributed by atoms with Gasteiger partial charge in [-0.25, -0.2) is 8.42 Å². The second-order valence-electron chi connectivity index (χ2n) is 7.64. The number of anilines is 1. The van der Waals surface area contributed by atoms with E-state index in [0.717, 1.165) is 12.1 Å². The van der Waals surface area contributed by atoms with E-state index in [4.69, 9.17) is 21.4 Å². The van der Waals surface area contributed by atoms with Crippen molar-refractivity contribution in [1.82, 2.24) is 5.32 Å². The Hall–Kier alpha value is -3.77. The lowest BCUT2D eigenvalue weighted by Gasteiger charge is -2.17. The number of hydrogen-bond acceptors (Lipinski definition) is 5. The molecule has 3 aromatic carbocycles. The molecule has 0 atom stereocenters. The van der Waals surface area contributed by atoms with Crippen molar-refractivity contribution in [1.29, 1.82) is 0 Å². The number of carboxylic acids is 1. The quantitative estimate of drug-likeness (QED) is 0.327. The highest BCUT2D eigenvalue weighted by atomic mass is 35.5. The average molecular weight is 557 g/mol. The van der Waals surface area contributed by atoms with Crippen molar-refractivity contribution in [3.8, 4) is 11.5 Å².